The minimum absolute atomic E-state index is 0.207. The largest absolute Gasteiger partial charge is 0.292 e. The van der Waals surface area contributed by atoms with Gasteiger partial charge in [-0.25, -0.2) is 4.98 Å². The van der Waals surface area contributed by atoms with Crippen molar-refractivity contribution in [2.45, 2.75) is 6.92 Å². The smallest absolute Gasteiger partial charge is 0.232 e. The highest BCUT2D eigenvalue weighted by Crippen LogP contribution is 2.29. The van der Waals surface area contributed by atoms with Crippen LogP contribution in [0.25, 0.3) is 10.4 Å². The lowest BCUT2D eigenvalue weighted by Gasteiger charge is -1.94. The highest BCUT2D eigenvalue weighted by Gasteiger charge is 2.14. The fraction of sp³-hybridized carbons (Fsp3) is 0.0909. The molecule has 0 saturated heterocycles. The van der Waals surface area contributed by atoms with E-state index in [9.17, 15) is 9.18 Å². The molecule has 4 heteroatoms. The van der Waals surface area contributed by atoms with Gasteiger partial charge in [0.15, 0.2) is 10.8 Å². The van der Waals surface area contributed by atoms with Crippen LogP contribution in [-0.4, -0.2) is 10.8 Å². The predicted molar refractivity (Wildman–Crippen MR) is 57.5 cm³/mol. The fourth-order valence-electron chi connectivity index (χ4n) is 1.22. The van der Waals surface area contributed by atoms with Crippen molar-refractivity contribution in [3.8, 4) is 10.4 Å². The van der Waals surface area contributed by atoms with Gasteiger partial charge < -0.3 is 0 Å². The van der Waals surface area contributed by atoms with Gasteiger partial charge in [-0.3, -0.25) is 4.79 Å². The van der Waals surface area contributed by atoms with Crippen molar-refractivity contribution < 1.29 is 9.18 Å². The molecular formula is C11H8FNOS. The van der Waals surface area contributed by atoms with Gasteiger partial charge >= 0.3 is 0 Å². The molecule has 2 nitrogen and oxygen atoms in total. The monoisotopic (exact) mass is 221 g/mol. The van der Waals surface area contributed by atoms with Gasteiger partial charge in [0.2, 0.25) is 5.95 Å². The zero-order valence-electron chi connectivity index (χ0n) is 8.03. The highest BCUT2D eigenvalue weighted by atomic mass is 32.1. The van der Waals surface area contributed by atoms with Crippen LogP contribution in [0.1, 0.15) is 16.7 Å². The molecule has 0 aliphatic carbocycles. The Balaban J connectivity index is 2.50. The van der Waals surface area contributed by atoms with Gasteiger partial charge in [-0.1, -0.05) is 30.3 Å². The topological polar surface area (TPSA) is 30.0 Å². The first kappa shape index (κ1) is 9.98. The summed E-state index contributed by atoms with van der Waals surface area (Å²) in [5, 5.41) is 0.214. The molecule has 2 aromatic rings. The summed E-state index contributed by atoms with van der Waals surface area (Å²) in [5.41, 5.74) is 0.750. The van der Waals surface area contributed by atoms with E-state index in [1.807, 2.05) is 18.2 Å². The summed E-state index contributed by atoms with van der Waals surface area (Å²) in [5.74, 6) is -0.780. The Morgan fingerprint density at radius 2 is 2.00 bits per heavy atom. The van der Waals surface area contributed by atoms with Crippen LogP contribution in [0.15, 0.2) is 30.3 Å². The molecule has 0 saturated carbocycles. The average Bonchev–Trinajstić information content (AvgIpc) is 2.62. The lowest BCUT2D eigenvalue weighted by molar-refractivity contribution is 0.101. The van der Waals surface area contributed by atoms with Crippen LogP contribution in [0.2, 0.25) is 0 Å². The molecule has 0 N–H and O–H groups in total. The van der Waals surface area contributed by atoms with Crippen molar-refractivity contribution in [1.82, 2.24) is 4.98 Å². The summed E-state index contributed by atoms with van der Waals surface area (Å²) >= 11 is 1.09. The van der Waals surface area contributed by atoms with Crippen LogP contribution >= 0.6 is 11.3 Å². The molecule has 0 spiro atoms. The molecule has 2 rings (SSSR count). The number of thiazole rings is 1. The average molecular weight is 221 g/mol. The Bertz CT molecular complexity index is 493. The SMILES string of the molecule is CC(=O)c1nc(F)c(-c2ccccc2)s1. The molecule has 0 aliphatic heterocycles. The number of Topliss-reactive ketones (excluding diaryl/α,β-unsaturated/α-hetero) is 1. The van der Waals surface area contributed by atoms with Crippen molar-refractivity contribution in [3.63, 3.8) is 0 Å². The molecule has 15 heavy (non-hydrogen) atoms. The number of hydrogen-bond acceptors (Lipinski definition) is 3. The van der Waals surface area contributed by atoms with E-state index < -0.39 is 5.95 Å². The molecule has 0 fully saturated rings. The molecular weight excluding hydrogens is 213 g/mol. The van der Waals surface area contributed by atoms with Crippen LogP contribution in [0.3, 0.4) is 0 Å². The van der Waals surface area contributed by atoms with Crippen LogP contribution in [-0.2, 0) is 0 Å². The maximum atomic E-state index is 13.4. The van der Waals surface area contributed by atoms with Gasteiger partial charge in [0, 0.05) is 6.92 Å². The number of carbonyl (C=O) groups is 1. The van der Waals surface area contributed by atoms with Gasteiger partial charge in [-0.2, -0.15) is 4.39 Å². The molecule has 1 heterocycles. The number of halogens is 1. The lowest BCUT2D eigenvalue weighted by Crippen LogP contribution is -1.89. The second-order valence-electron chi connectivity index (χ2n) is 3.06. The van der Waals surface area contributed by atoms with E-state index in [0.717, 1.165) is 16.9 Å². The van der Waals surface area contributed by atoms with Crippen molar-refractivity contribution in [1.29, 1.82) is 0 Å². The Labute approximate surface area is 90.4 Å². The van der Waals surface area contributed by atoms with E-state index in [-0.39, 0.29) is 10.8 Å². The van der Waals surface area contributed by atoms with Crippen LogP contribution in [0, 0.1) is 5.95 Å². The number of rotatable bonds is 2. The van der Waals surface area contributed by atoms with E-state index >= 15 is 0 Å². The number of carbonyl (C=O) groups excluding carboxylic acids is 1. The highest BCUT2D eigenvalue weighted by molar-refractivity contribution is 7.17. The molecule has 1 aromatic heterocycles. The maximum Gasteiger partial charge on any atom is 0.232 e. The molecule has 0 aliphatic rings. The van der Waals surface area contributed by atoms with E-state index in [0.29, 0.717) is 4.88 Å². The quantitative estimate of drug-likeness (QED) is 0.729. The fourth-order valence-corrected chi connectivity index (χ4v) is 2.07. The van der Waals surface area contributed by atoms with E-state index in [4.69, 9.17) is 0 Å². The van der Waals surface area contributed by atoms with Gasteiger partial charge in [0.05, 0.1) is 4.88 Å². The first-order valence-corrected chi connectivity index (χ1v) is 5.23. The van der Waals surface area contributed by atoms with Gasteiger partial charge in [0.25, 0.3) is 0 Å². The second kappa shape index (κ2) is 3.90. The minimum Gasteiger partial charge on any atom is -0.292 e. The van der Waals surface area contributed by atoms with Crippen LogP contribution in [0.5, 0.6) is 0 Å². The Hall–Kier alpha value is -1.55. The van der Waals surface area contributed by atoms with Gasteiger partial charge in [-0.05, 0) is 5.56 Å². The molecule has 0 radical (unpaired) electrons. The first-order valence-electron chi connectivity index (χ1n) is 4.41. The van der Waals surface area contributed by atoms with Gasteiger partial charge in [0.1, 0.15) is 0 Å². The van der Waals surface area contributed by atoms with Crippen LogP contribution in [0.4, 0.5) is 4.39 Å². The summed E-state index contributed by atoms with van der Waals surface area (Å²) in [7, 11) is 0. The number of benzene rings is 1. The summed E-state index contributed by atoms with van der Waals surface area (Å²) in [6.45, 7) is 1.38. The summed E-state index contributed by atoms with van der Waals surface area (Å²) in [6, 6.07) is 9.08. The second-order valence-corrected chi connectivity index (χ2v) is 4.06. The van der Waals surface area contributed by atoms with E-state index in [1.54, 1.807) is 12.1 Å². The standard InChI is InChI=1S/C11H8FNOS/c1-7(14)11-13-10(12)9(15-11)8-5-3-2-4-6-8/h2-6H,1H3. The predicted octanol–water partition coefficient (Wildman–Crippen LogP) is 3.15. The molecule has 1 aromatic carbocycles. The minimum atomic E-state index is -0.573. The molecule has 76 valence electrons. The van der Waals surface area contributed by atoms with Gasteiger partial charge in [-0.15, -0.1) is 11.3 Å². The zero-order chi connectivity index (χ0) is 10.8. The Morgan fingerprint density at radius 3 is 2.53 bits per heavy atom. The molecule has 0 atom stereocenters. The summed E-state index contributed by atoms with van der Waals surface area (Å²) < 4.78 is 13.4. The van der Waals surface area contributed by atoms with Crippen molar-refractivity contribution >= 4 is 17.1 Å². The van der Waals surface area contributed by atoms with E-state index in [1.165, 1.54) is 6.92 Å². The zero-order valence-corrected chi connectivity index (χ0v) is 8.84. The van der Waals surface area contributed by atoms with E-state index in [2.05, 4.69) is 4.98 Å². The number of nitrogens with zero attached hydrogens (tertiary/aromatic N) is 1. The third kappa shape index (κ3) is 1.94. The normalized spacial score (nSPS) is 10.3. The third-order valence-electron chi connectivity index (χ3n) is 1.92. The third-order valence-corrected chi connectivity index (χ3v) is 3.10. The first-order chi connectivity index (χ1) is 7.18. The number of hydrogen-bond donors (Lipinski definition) is 0. The molecule has 0 bridgehead atoms. The van der Waals surface area contributed by atoms with Crippen molar-refractivity contribution in [3.05, 3.63) is 41.3 Å². The van der Waals surface area contributed by atoms with Crippen molar-refractivity contribution in [2.24, 2.45) is 0 Å². The summed E-state index contributed by atoms with van der Waals surface area (Å²) in [4.78, 5) is 15.0. The molecule has 0 amide bonds. The maximum absolute atomic E-state index is 13.4. The number of aromatic nitrogens is 1. The summed E-state index contributed by atoms with van der Waals surface area (Å²) in [6.07, 6.45) is 0. The van der Waals surface area contributed by atoms with Crippen LogP contribution < -0.4 is 0 Å². The Morgan fingerprint density at radius 1 is 1.33 bits per heavy atom. The number of ketones is 1. The lowest BCUT2D eigenvalue weighted by atomic mass is 10.2. The Kier molecular flexibility index (Phi) is 2.60. The molecule has 0 unspecified atom stereocenters. The van der Waals surface area contributed by atoms with Crippen molar-refractivity contribution in [2.75, 3.05) is 0 Å².